The van der Waals surface area contributed by atoms with Crippen molar-refractivity contribution in [3.63, 3.8) is 0 Å². The molecule has 0 aromatic carbocycles. The largest absolute Gasteiger partial charge is 0.396 e. The zero-order valence-corrected chi connectivity index (χ0v) is 14.7. The number of aromatic nitrogens is 5. The molecule has 25 heavy (non-hydrogen) atoms. The van der Waals surface area contributed by atoms with Crippen LogP contribution in [0.25, 0.3) is 27.5 Å². The van der Waals surface area contributed by atoms with Crippen LogP contribution in [-0.4, -0.2) is 37.4 Å². The lowest BCUT2D eigenvalue weighted by molar-refractivity contribution is 0.459. The summed E-state index contributed by atoms with van der Waals surface area (Å²) in [6.07, 6.45) is 6.27. The number of nitrogens with zero attached hydrogens (tertiary/aromatic N) is 4. The second-order valence-corrected chi connectivity index (χ2v) is 7.62. The Balaban J connectivity index is 1.53. The molecule has 0 amide bonds. The number of H-pyrrole nitrogens is 1. The number of fused-ring (bicyclic) bond motifs is 2. The van der Waals surface area contributed by atoms with Crippen LogP contribution in [0.2, 0.25) is 0 Å². The number of anilines is 1. The van der Waals surface area contributed by atoms with Crippen LogP contribution in [0, 0.1) is 6.92 Å². The van der Waals surface area contributed by atoms with Gasteiger partial charge in [-0.25, -0.2) is 15.0 Å². The molecule has 1 fully saturated rings. The molecule has 0 unspecified atom stereocenters. The van der Waals surface area contributed by atoms with E-state index in [9.17, 15) is 0 Å². The molecule has 1 aliphatic rings. The van der Waals surface area contributed by atoms with Crippen LogP contribution in [0.4, 0.5) is 5.69 Å². The third-order valence-corrected chi connectivity index (χ3v) is 5.85. The number of nitrogen functional groups attached to an aromatic ring is 1. The second kappa shape index (κ2) is 5.53. The fourth-order valence-corrected chi connectivity index (χ4v) is 4.55. The number of rotatable bonds is 2. The molecule has 4 aromatic heterocycles. The van der Waals surface area contributed by atoms with Crippen LogP contribution in [0.5, 0.6) is 0 Å². The van der Waals surface area contributed by atoms with Crippen LogP contribution in [-0.2, 0) is 0 Å². The van der Waals surface area contributed by atoms with Gasteiger partial charge in [-0.15, -0.1) is 0 Å². The number of hydrogen-bond donors (Lipinski definition) is 3. The van der Waals surface area contributed by atoms with Crippen LogP contribution < -0.4 is 11.1 Å². The van der Waals surface area contributed by atoms with Crippen LogP contribution in [0.15, 0.2) is 18.5 Å². The molecule has 1 saturated heterocycles. The van der Waals surface area contributed by atoms with Gasteiger partial charge in [-0.1, -0.05) is 11.3 Å². The highest BCUT2D eigenvalue weighted by Gasteiger charge is 2.21. The Hall–Kier alpha value is -2.45. The summed E-state index contributed by atoms with van der Waals surface area (Å²) in [5.41, 5.74) is 10.3. The topological polar surface area (TPSA) is 96.9 Å². The van der Waals surface area contributed by atoms with E-state index >= 15 is 0 Å². The monoisotopic (exact) mass is 353 g/mol. The maximum atomic E-state index is 6.15. The molecule has 4 aromatic rings. The third-order valence-electron chi connectivity index (χ3n) is 4.74. The first-order chi connectivity index (χ1) is 12.2. The van der Waals surface area contributed by atoms with E-state index in [1.165, 1.54) is 5.01 Å². The van der Waals surface area contributed by atoms with Crippen molar-refractivity contribution in [2.45, 2.75) is 25.7 Å². The summed E-state index contributed by atoms with van der Waals surface area (Å²) >= 11 is 1.70. The molecular weight excluding hydrogens is 334 g/mol. The lowest BCUT2D eigenvalue weighted by Crippen LogP contribution is -2.26. The highest BCUT2D eigenvalue weighted by molar-refractivity contribution is 7.18. The lowest BCUT2D eigenvalue weighted by Gasteiger charge is -2.20. The number of hydrogen-bond acceptors (Lipinski definition) is 6. The number of imidazole rings is 2. The summed E-state index contributed by atoms with van der Waals surface area (Å²) in [5, 5.41) is 4.59. The first-order valence-electron chi connectivity index (χ1n) is 8.50. The zero-order valence-electron chi connectivity index (χ0n) is 13.9. The van der Waals surface area contributed by atoms with Gasteiger partial charge in [0, 0.05) is 23.9 Å². The molecule has 128 valence electrons. The van der Waals surface area contributed by atoms with Crippen LogP contribution in [0.1, 0.15) is 29.5 Å². The fourth-order valence-electron chi connectivity index (χ4n) is 3.48. The van der Waals surface area contributed by atoms with Crippen molar-refractivity contribution in [2.24, 2.45) is 0 Å². The molecular formula is C17H19N7S. The average molecular weight is 353 g/mol. The highest BCUT2D eigenvalue weighted by atomic mass is 32.1. The Morgan fingerprint density at radius 2 is 2.04 bits per heavy atom. The average Bonchev–Trinajstić information content (AvgIpc) is 3.27. The smallest absolute Gasteiger partial charge is 0.169 e. The van der Waals surface area contributed by atoms with Gasteiger partial charge >= 0.3 is 0 Å². The lowest BCUT2D eigenvalue weighted by atomic mass is 9.99. The van der Waals surface area contributed by atoms with E-state index in [-0.39, 0.29) is 0 Å². The van der Waals surface area contributed by atoms with Crippen molar-refractivity contribution < 1.29 is 0 Å². The van der Waals surface area contributed by atoms with Crippen LogP contribution >= 0.6 is 11.3 Å². The van der Waals surface area contributed by atoms with Crippen molar-refractivity contribution in [3.05, 3.63) is 29.2 Å². The molecule has 5 heterocycles. The summed E-state index contributed by atoms with van der Waals surface area (Å²) in [7, 11) is 0. The van der Waals surface area contributed by atoms with E-state index in [0.29, 0.717) is 11.6 Å². The van der Waals surface area contributed by atoms with Gasteiger partial charge in [0.1, 0.15) is 10.8 Å². The summed E-state index contributed by atoms with van der Waals surface area (Å²) in [4.78, 5) is 18.3. The van der Waals surface area contributed by atoms with Crippen molar-refractivity contribution in [1.29, 1.82) is 0 Å². The van der Waals surface area contributed by atoms with E-state index in [1.54, 1.807) is 11.3 Å². The van der Waals surface area contributed by atoms with Gasteiger partial charge in [0.25, 0.3) is 0 Å². The molecule has 8 heteroatoms. The minimum Gasteiger partial charge on any atom is -0.396 e. The minimum absolute atomic E-state index is 0.554. The molecule has 5 rings (SSSR count). The summed E-state index contributed by atoms with van der Waals surface area (Å²) in [6.45, 7) is 4.10. The summed E-state index contributed by atoms with van der Waals surface area (Å²) in [5.74, 6) is 1.35. The fraction of sp³-hybridized carbons (Fsp3) is 0.353. The number of aromatic amines is 1. The van der Waals surface area contributed by atoms with Crippen LogP contribution in [0.3, 0.4) is 0 Å². The van der Waals surface area contributed by atoms with E-state index in [0.717, 1.165) is 59.1 Å². The number of aryl methyl sites for hydroxylation is 1. The SMILES string of the molecule is Cc1cn2cc(-c3nc4sc(C5CCNCC5)nc4[nH]3)cc(N)c2n1. The first kappa shape index (κ1) is 14.9. The Bertz CT molecular complexity index is 1040. The van der Waals surface area contributed by atoms with E-state index in [2.05, 4.69) is 15.3 Å². The predicted octanol–water partition coefficient (Wildman–Crippen LogP) is 2.69. The van der Waals surface area contributed by atoms with Gasteiger partial charge in [-0.3, -0.25) is 0 Å². The molecule has 0 spiro atoms. The van der Waals surface area contributed by atoms with Crippen molar-refractivity contribution in [2.75, 3.05) is 18.8 Å². The normalized spacial score (nSPS) is 16.2. The quantitative estimate of drug-likeness (QED) is 0.515. The predicted molar refractivity (Wildman–Crippen MR) is 99.9 cm³/mol. The van der Waals surface area contributed by atoms with Gasteiger partial charge in [-0.05, 0) is 38.9 Å². The summed E-state index contributed by atoms with van der Waals surface area (Å²) < 4.78 is 1.95. The van der Waals surface area contributed by atoms with Crippen molar-refractivity contribution >= 4 is 33.1 Å². The zero-order chi connectivity index (χ0) is 17.0. The van der Waals surface area contributed by atoms with Gasteiger partial charge in [-0.2, -0.15) is 0 Å². The number of pyridine rings is 1. The molecule has 0 saturated carbocycles. The maximum Gasteiger partial charge on any atom is 0.169 e. The molecule has 0 radical (unpaired) electrons. The Morgan fingerprint density at radius 3 is 2.84 bits per heavy atom. The second-order valence-electron chi connectivity index (χ2n) is 6.61. The summed E-state index contributed by atoms with van der Waals surface area (Å²) in [6, 6.07) is 1.91. The minimum atomic E-state index is 0.554. The molecule has 0 bridgehead atoms. The molecule has 0 aliphatic carbocycles. The third kappa shape index (κ3) is 2.49. The van der Waals surface area contributed by atoms with Gasteiger partial charge in [0.2, 0.25) is 0 Å². The maximum absolute atomic E-state index is 6.15. The van der Waals surface area contributed by atoms with Crippen molar-refractivity contribution in [1.82, 2.24) is 29.7 Å². The number of thiazole rings is 1. The highest BCUT2D eigenvalue weighted by Crippen LogP contribution is 2.33. The Kier molecular flexibility index (Phi) is 3.29. The molecule has 0 atom stereocenters. The Morgan fingerprint density at radius 1 is 1.20 bits per heavy atom. The number of nitrogens with one attached hydrogen (secondary N) is 2. The number of piperidine rings is 1. The molecule has 7 nitrogen and oxygen atoms in total. The molecule has 1 aliphatic heterocycles. The van der Waals surface area contributed by atoms with E-state index in [4.69, 9.17) is 15.7 Å². The number of nitrogens with two attached hydrogens (primary N) is 1. The van der Waals surface area contributed by atoms with Crippen molar-refractivity contribution in [3.8, 4) is 11.4 Å². The first-order valence-corrected chi connectivity index (χ1v) is 9.31. The Labute approximate surface area is 148 Å². The van der Waals surface area contributed by atoms with E-state index in [1.807, 2.05) is 29.8 Å². The van der Waals surface area contributed by atoms with Gasteiger partial charge < -0.3 is 20.4 Å². The van der Waals surface area contributed by atoms with Gasteiger partial charge in [0.15, 0.2) is 16.1 Å². The van der Waals surface area contributed by atoms with E-state index < -0.39 is 0 Å². The standard InChI is InChI=1S/C17H19N7S/c1-9-7-24-8-11(6-12(18)15(24)20-9)13-21-14-17(22-13)25-16(23-14)10-2-4-19-5-3-10/h6-8,10,19H,2-5,18H2,1H3,(H,21,22). The van der Waals surface area contributed by atoms with Gasteiger partial charge in [0.05, 0.1) is 11.4 Å². The molecule has 4 N–H and O–H groups in total.